The molecule has 100 valence electrons. The summed E-state index contributed by atoms with van der Waals surface area (Å²) in [6, 6.07) is 4.84. The number of benzene rings is 1. The number of allylic oxidation sites excluding steroid dienone is 1. The highest BCUT2D eigenvalue weighted by Gasteiger charge is 2.14. The first-order valence-electron chi connectivity index (χ1n) is 5.63. The third kappa shape index (κ3) is 3.49. The van der Waals surface area contributed by atoms with Crippen molar-refractivity contribution in [2.24, 2.45) is 5.92 Å². The Kier molecular flexibility index (Phi) is 4.96. The molecule has 0 aliphatic heterocycles. The van der Waals surface area contributed by atoms with E-state index in [9.17, 15) is 9.90 Å². The lowest BCUT2D eigenvalue weighted by atomic mass is 10.00. The average molecular weight is 280 g/mol. The molecule has 0 saturated carbocycles. The van der Waals surface area contributed by atoms with Gasteiger partial charge in [-0.3, -0.25) is 4.79 Å². The van der Waals surface area contributed by atoms with Crippen molar-refractivity contribution in [1.29, 1.82) is 5.26 Å². The molecule has 0 saturated heterocycles. The van der Waals surface area contributed by atoms with Gasteiger partial charge >= 0.3 is 0 Å². The van der Waals surface area contributed by atoms with Gasteiger partial charge in [0.15, 0.2) is 17.3 Å². The van der Waals surface area contributed by atoms with E-state index in [1.165, 1.54) is 25.3 Å². The zero-order valence-corrected chi connectivity index (χ0v) is 11.7. The maximum atomic E-state index is 11.8. The number of phenols is 1. The lowest BCUT2D eigenvalue weighted by Gasteiger charge is -2.07. The summed E-state index contributed by atoms with van der Waals surface area (Å²) in [6.45, 7) is 3.44. The van der Waals surface area contributed by atoms with Crippen molar-refractivity contribution >= 4 is 23.5 Å². The quantitative estimate of drug-likeness (QED) is 0.679. The number of methoxy groups -OCH3 is 1. The standard InChI is InChI=1S/C14H14ClNO3/c1-8(2)13(17)10(7-16)4-9-5-11(15)14(18)12(6-9)19-3/h4-6,8,18H,1-3H3/b10-4+. The number of aromatic hydroxyl groups is 1. The van der Waals surface area contributed by atoms with Gasteiger partial charge in [0.25, 0.3) is 0 Å². The van der Waals surface area contributed by atoms with Gasteiger partial charge in [0.05, 0.1) is 17.7 Å². The maximum Gasteiger partial charge on any atom is 0.176 e. The topological polar surface area (TPSA) is 70.3 Å². The van der Waals surface area contributed by atoms with E-state index in [1.54, 1.807) is 13.8 Å². The van der Waals surface area contributed by atoms with Crippen molar-refractivity contribution in [3.8, 4) is 17.6 Å². The molecule has 0 amide bonds. The summed E-state index contributed by atoms with van der Waals surface area (Å²) >= 11 is 5.84. The van der Waals surface area contributed by atoms with E-state index in [4.69, 9.17) is 21.6 Å². The molecule has 1 aromatic carbocycles. The van der Waals surface area contributed by atoms with Crippen LogP contribution in [0.15, 0.2) is 17.7 Å². The minimum Gasteiger partial charge on any atom is -0.503 e. The molecule has 1 aromatic rings. The molecule has 0 bridgehead atoms. The van der Waals surface area contributed by atoms with Crippen LogP contribution in [0.25, 0.3) is 6.08 Å². The molecule has 0 radical (unpaired) electrons. The highest BCUT2D eigenvalue weighted by atomic mass is 35.5. The van der Waals surface area contributed by atoms with E-state index in [0.29, 0.717) is 5.56 Å². The number of rotatable bonds is 4. The monoisotopic (exact) mass is 279 g/mol. The van der Waals surface area contributed by atoms with E-state index < -0.39 is 0 Å². The Bertz CT molecular complexity index is 571. The van der Waals surface area contributed by atoms with E-state index in [0.717, 1.165) is 0 Å². The van der Waals surface area contributed by atoms with Crippen LogP contribution in [0.3, 0.4) is 0 Å². The molecule has 0 spiro atoms. The Morgan fingerprint density at radius 3 is 2.63 bits per heavy atom. The number of nitrogens with zero attached hydrogens (tertiary/aromatic N) is 1. The molecule has 5 heteroatoms. The maximum absolute atomic E-state index is 11.8. The van der Waals surface area contributed by atoms with Crippen LogP contribution in [0.2, 0.25) is 5.02 Å². The zero-order valence-electron chi connectivity index (χ0n) is 10.9. The SMILES string of the molecule is COc1cc(/C=C(\C#N)C(=O)C(C)C)cc(Cl)c1O. The first-order chi connectivity index (χ1) is 8.90. The van der Waals surface area contributed by atoms with Gasteiger partial charge in [-0.25, -0.2) is 0 Å². The molecule has 0 fully saturated rings. The first-order valence-corrected chi connectivity index (χ1v) is 6.01. The number of halogens is 1. The smallest absolute Gasteiger partial charge is 0.176 e. The summed E-state index contributed by atoms with van der Waals surface area (Å²) in [5, 5.41) is 18.7. The fourth-order valence-corrected chi connectivity index (χ4v) is 1.69. The molecule has 0 heterocycles. The highest BCUT2D eigenvalue weighted by molar-refractivity contribution is 6.32. The summed E-state index contributed by atoms with van der Waals surface area (Å²) in [4.78, 5) is 11.8. The van der Waals surface area contributed by atoms with Gasteiger partial charge in [-0.05, 0) is 23.8 Å². The van der Waals surface area contributed by atoms with Crippen LogP contribution in [-0.4, -0.2) is 18.0 Å². The summed E-state index contributed by atoms with van der Waals surface area (Å²) in [6.07, 6.45) is 1.43. The van der Waals surface area contributed by atoms with Crippen LogP contribution < -0.4 is 4.74 Å². The van der Waals surface area contributed by atoms with Crippen molar-refractivity contribution in [3.05, 3.63) is 28.3 Å². The Hall–Kier alpha value is -1.99. The minimum atomic E-state index is -0.264. The molecular formula is C14H14ClNO3. The van der Waals surface area contributed by atoms with Gasteiger partial charge in [-0.2, -0.15) is 5.26 Å². The number of carbonyl (C=O) groups is 1. The molecule has 0 unspecified atom stereocenters. The summed E-state index contributed by atoms with van der Waals surface area (Å²) in [5.74, 6) is -0.492. The molecule has 0 aromatic heterocycles. The molecule has 4 nitrogen and oxygen atoms in total. The van der Waals surface area contributed by atoms with Crippen LogP contribution in [0.1, 0.15) is 19.4 Å². The number of ether oxygens (including phenoxy) is 1. The molecule has 0 atom stereocenters. The molecular weight excluding hydrogens is 266 g/mol. The Balaban J connectivity index is 3.28. The van der Waals surface area contributed by atoms with Crippen LogP contribution in [0, 0.1) is 17.2 Å². The Morgan fingerprint density at radius 1 is 1.53 bits per heavy atom. The van der Waals surface area contributed by atoms with E-state index in [-0.39, 0.29) is 33.8 Å². The lowest BCUT2D eigenvalue weighted by molar-refractivity contribution is -0.117. The first kappa shape index (κ1) is 15.1. The van der Waals surface area contributed by atoms with E-state index in [2.05, 4.69) is 0 Å². The second kappa shape index (κ2) is 6.26. The molecule has 1 N–H and O–H groups in total. The lowest BCUT2D eigenvalue weighted by Crippen LogP contribution is -2.08. The number of phenolic OH excluding ortho intramolecular Hbond substituents is 1. The number of carbonyl (C=O) groups excluding carboxylic acids is 1. The van der Waals surface area contributed by atoms with Crippen LogP contribution in [0.5, 0.6) is 11.5 Å². The van der Waals surface area contributed by atoms with Crippen molar-refractivity contribution in [2.75, 3.05) is 7.11 Å². The van der Waals surface area contributed by atoms with Crippen molar-refractivity contribution in [3.63, 3.8) is 0 Å². The Morgan fingerprint density at radius 2 is 2.16 bits per heavy atom. The summed E-state index contributed by atoms with van der Waals surface area (Å²) in [5.41, 5.74) is 0.559. The molecule has 0 aliphatic rings. The van der Waals surface area contributed by atoms with E-state index >= 15 is 0 Å². The number of hydrogen-bond acceptors (Lipinski definition) is 4. The average Bonchev–Trinajstić information content (AvgIpc) is 2.38. The number of hydrogen-bond donors (Lipinski definition) is 1. The predicted molar refractivity (Wildman–Crippen MR) is 73.1 cm³/mol. The van der Waals surface area contributed by atoms with Gasteiger partial charge in [0, 0.05) is 5.92 Å². The van der Waals surface area contributed by atoms with Crippen LogP contribution >= 0.6 is 11.6 Å². The normalized spacial score (nSPS) is 11.3. The van der Waals surface area contributed by atoms with Crippen LogP contribution in [0.4, 0.5) is 0 Å². The molecule has 1 rings (SSSR count). The Labute approximate surface area is 116 Å². The third-order valence-electron chi connectivity index (χ3n) is 2.49. The number of nitriles is 1. The fraction of sp³-hybridized carbons (Fsp3) is 0.286. The van der Waals surface area contributed by atoms with Crippen molar-refractivity contribution < 1.29 is 14.6 Å². The highest BCUT2D eigenvalue weighted by Crippen LogP contribution is 2.35. The summed E-state index contributed by atoms with van der Waals surface area (Å²) < 4.78 is 4.96. The fourth-order valence-electron chi connectivity index (χ4n) is 1.47. The number of Topliss-reactive ketones (excluding diaryl/α,β-unsaturated/α-hetero) is 1. The second-order valence-corrected chi connectivity index (χ2v) is 4.65. The van der Waals surface area contributed by atoms with E-state index in [1.807, 2.05) is 6.07 Å². The van der Waals surface area contributed by atoms with Gasteiger partial charge in [0.1, 0.15) is 6.07 Å². The van der Waals surface area contributed by atoms with Crippen molar-refractivity contribution in [1.82, 2.24) is 0 Å². The number of ketones is 1. The zero-order chi connectivity index (χ0) is 14.6. The van der Waals surface area contributed by atoms with Crippen LogP contribution in [-0.2, 0) is 4.79 Å². The third-order valence-corrected chi connectivity index (χ3v) is 2.78. The summed E-state index contributed by atoms with van der Waals surface area (Å²) in [7, 11) is 1.39. The van der Waals surface area contributed by atoms with Gasteiger partial charge < -0.3 is 9.84 Å². The van der Waals surface area contributed by atoms with Gasteiger partial charge in [0.2, 0.25) is 0 Å². The minimum absolute atomic E-state index is 0.0406. The van der Waals surface area contributed by atoms with Gasteiger partial charge in [-0.15, -0.1) is 0 Å². The molecule has 0 aliphatic carbocycles. The van der Waals surface area contributed by atoms with Gasteiger partial charge in [-0.1, -0.05) is 25.4 Å². The largest absolute Gasteiger partial charge is 0.503 e. The second-order valence-electron chi connectivity index (χ2n) is 4.24. The van der Waals surface area contributed by atoms with Crippen molar-refractivity contribution in [2.45, 2.75) is 13.8 Å². The molecule has 19 heavy (non-hydrogen) atoms. The predicted octanol–water partition coefficient (Wildman–Crippen LogP) is 3.19.